The maximum Gasteiger partial charge on any atom is 0.238 e. The summed E-state index contributed by atoms with van der Waals surface area (Å²) < 4.78 is 5.27. The van der Waals surface area contributed by atoms with Gasteiger partial charge in [0.05, 0.1) is 13.2 Å². The molecule has 2 rings (SSSR count). The van der Waals surface area contributed by atoms with E-state index in [-0.39, 0.29) is 18.2 Å². The van der Waals surface area contributed by atoms with E-state index in [9.17, 15) is 9.59 Å². The Morgan fingerprint density at radius 1 is 1.04 bits per heavy atom. The number of hydrogen-bond acceptors (Lipinski definition) is 4. The van der Waals surface area contributed by atoms with Crippen molar-refractivity contribution in [2.75, 3.05) is 17.7 Å². The standard InChI is InChI=1S/C19H19N3O3/c1-25-17-8-3-2-5-14(17)9-10-18(23)21-15-6-4-7-16(13-15)22-19(24)11-12-20/h2-8,13H,9-11H2,1H3,(H,21,23)(H,22,24). The van der Waals surface area contributed by atoms with Crippen LogP contribution in [0.25, 0.3) is 0 Å². The van der Waals surface area contributed by atoms with Gasteiger partial charge in [-0.15, -0.1) is 0 Å². The highest BCUT2D eigenvalue weighted by Crippen LogP contribution is 2.20. The predicted octanol–water partition coefficient (Wildman–Crippen LogP) is 3.12. The largest absolute Gasteiger partial charge is 0.496 e. The minimum absolute atomic E-state index is 0.133. The molecule has 0 aliphatic carbocycles. The van der Waals surface area contributed by atoms with Gasteiger partial charge in [0.15, 0.2) is 0 Å². The quantitative estimate of drug-likeness (QED) is 0.812. The van der Waals surface area contributed by atoms with Crippen molar-refractivity contribution < 1.29 is 14.3 Å². The molecular formula is C19H19N3O3. The zero-order valence-electron chi connectivity index (χ0n) is 13.9. The SMILES string of the molecule is COc1ccccc1CCC(=O)Nc1cccc(NC(=O)CC#N)c1. The van der Waals surface area contributed by atoms with E-state index >= 15 is 0 Å². The molecule has 0 aromatic heterocycles. The predicted molar refractivity (Wildman–Crippen MR) is 95.2 cm³/mol. The van der Waals surface area contributed by atoms with Crippen molar-refractivity contribution in [1.29, 1.82) is 5.26 Å². The number of nitrogens with one attached hydrogen (secondary N) is 2. The van der Waals surface area contributed by atoms with Crippen LogP contribution >= 0.6 is 0 Å². The van der Waals surface area contributed by atoms with E-state index in [1.807, 2.05) is 24.3 Å². The summed E-state index contributed by atoms with van der Waals surface area (Å²) >= 11 is 0. The fourth-order valence-corrected chi connectivity index (χ4v) is 2.33. The topological polar surface area (TPSA) is 91.2 Å². The van der Waals surface area contributed by atoms with Gasteiger partial charge in [-0.2, -0.15) is 5.26 Å². The fraction of sp³-hybridized carbons (Fsp3) is 0.211. The number of hydrogen-bond donors (Lipinski definition) is 2. The summed E-state index contributed by atoms with van der Waals surface area (Å²) in [5.74, 6) is 0.242. The highest BCUT2D eigenvalue weighted by atomic mass is 16.5. The monoisotopic (exact) mass is 337 g/mol. The highest BCUT2D eigenvalue weighted by Gasteiger charge is 2.08. The lowest BCUT2D eigenvalue weighted by atomic mass is 10.1. The van der Waals surface area contributed by atoms with E-state index < -0.39 is 0 Å². The van der Waals surface area contributed by atoms with Gasteiger partial charge >= 0.3 is 0 Å². The summed E-state index contributed by atoms with van der Waals surface area (Å²) in [6, 6.07) is 16.2. The second-order valence-corrected chi connectivity index (χ2v) is 5.32. The van der Waals surface area contributed by atoms with Crippen molar-refractivity contribution in [3.8, 4) is 11.8 Å². The van der Waals surface area contributed by atoms with Crippen LogP contribution < -0.4 is 15.4 Å². The Bertz CT molecular complexity index is 796. The molecule has 0 radical (unpaired) electrons. The third kappa shape index (κ3) is 5.66. The maximum absolute atomic E-state index is 12.1. The minimum Gasteiger partial charge on any atom is -0.496 e. The summed E-state index contributed by atoms with van der Waals surface area (Å²) in [6.45, 7) is 0. The van der Waals surface area contributed by atoms with Crippen molar-refractivity contribution >= 4 is 23.2 Å². The van der Waals surface area contributed by atoms with Crippen molar-refractivity contribution in [2.24, 2.45) is 0 Å². The lowest BCUT2D eigenvalue weighted by molar-refractivity contribution is -0.116. The number of carbonyl (C=O) groups excluding carboxylic acids is 2. The molecule has 25 heavy (non-hydrogen) atoms. The number of methoxy groups -OCH3 is 1. The first-order chi connectivity index (χ1) is 12.1. The number of rotatable bonds is 7. The van der Waals surface area contributed by atoms with Crippen molar-refractivity contribution in [3.63, 3.8) is 0 Å². The first-order valence-corrected chi connectivity index (χ1v) is 7.81. The Kier molecular flexibility index (Phi) is 6.55. The van der Waals surface area contributed by atoms with Crippen LogP contribution in [-0.2, 0) is 16.0 Å². The Balaban J connectivity index is 1.92. The van der Waals surface area contributed by atoms with Gasteiger partial charge in [-0.05, 0) is 36.2 Å². The second-order valence-electron chi connectivity index (χ2n) is 5.32. The molecule has 128 valence electrons. The number of nitrogens with zero attached hydrogens (tertiary/aromatic N) is 1. The van der Waals surface area contributed by atoms with Crippen LogP contribution in [0.1, 0.15) is 18.4 Å². The summed E-state index contributed by atoms with van der Waals surface area (Å²) in [4.78, 5) is 23.6. The van der Waals surface area contributed by atoms with E-state index in [0.29, 0.717) is 24.2 Å². The molecule has 0 aliphatic rings. The summed E-state index contributed by atoms with van der Waals surface area (Å²) in [7, 11) is 1.60. The molecule has 0 saturated carbocycles. The molecule has 0 fully saturated rings. The third-order valence-electron chi connectivity index (χ3n) is 3.48. The fourth-order valence-electron chi connectivity index (χ4n) is 2.33. The molecule has 0 aliphatic heterocycles. The molecular weight excluding hydrogens is 318 g/mol. The average Bonchev–Trinajstić information content (AvgIpc) is 2.60. The van der Waals surface area contributed by atoms with Gasteiger partial charge in [0, 0.05) is 17.8 Å². The highest BCUT2D eigenvalue weighted by molar-refractivity contribution is 5.94. The Morgan fingerprint density at radius 2 is 1.72 bits per heavy atom. The Hall–Kier alpha value is -3.33. The van der Waals surface area contributed by atoms with Crippen LogP contribution in [0.3, 0.4) is 0 Å². The van der Waals surface area contributed by atoms with Crippen LogP contribution in [0.15, 0.2) is 48.5 Å². The molecule has 0 heterocycles. The van der Waals surface area contributed by atoms with Gasteiger partial charge < -0.3 is 15.4 Å². The van der Waals surface area contributed by atoms with E-state index in [0.717, 1.165) is 11.3 Å². The van der Waals surface area contributed by atoms with Gasteiger partial charge in [0.25, 0.3) is 0 Å². The van der Waals surface area contributed by atoms with Gasteiger partial charge in [-0.1, -0.05) is 24.3 Å². The average molecular weight is 337 g/mol. The van der Waals surface area contributed by atoms with Crippen molar-refractivity contribution in [2.45, 2.75) is 19.3 Å². The normalized spacial score (nSPS) is 9.76. The summed E-state index contributed by atoms with van der Waals surface area (Å²) in [6.07, 6.45) is 0.662. The Labute approximate surface area is 146 Å². The van der Waals surface area contributed by atoms with E-state index in [2.05, 4.69) is 10.6 Å². The van der Waals surface area contributed by atoms with Crippen LogP contribution in [0.4, 0.5) is 11.4 Å². The number of benzene rings is 2. The van der Waals surface area contributed by atoms with Gasteiger partial charge in [-0.3, -0.25) is 9.59 Å². The number of ether oxygens (including phenoxy) is 1. The van der Waals surface area contributed by atoms with Crippen LogP contribution in [-0.4, -0.2) is 18.9 Å². The number of para-hydroxylation sites is 1. The van der Waals surface area contributed by atoms with E-state index in [1.54, 1.807) is 37.4 Å². The zero-order chi connectivity index (χ0) is 18.1. The maximum atomic E-state index is 12.1. The lowest BCUT2D eigenvalue weighted by Crippen LogP contribution is -2.14. The van der Waals surface area contributed by atoms with Gasteiger partial charge in [0.2, 0.25) is 11.8 Å². The number of carbonyl (C=O) groups is 2. The van der Waals surface area contributed by atoms with E-state index in [1.165, 1.54) is 0 Å². The summed E-state index contributed by atoms with van der Waals surface area (Å²) in [5.41, 5.74) is 2.08. The molecule has 0 saturated heterocycles. The molecule has 2 aromatic carbocycles. The molecule has 0 spiro atoms. The second kappa shape index (κ2) is 9.08. The van der Waals surface area contributed by atoms with Gasteiger partial charge in [0.1, 0.15) is 12.2 Å². The van der Waals surface area contributed by atoms with Gasteiger partial charge in [-0.25, -0.2) is 0 Å². The van der Waals surface area contributed by atoms with Crippen LogP contribution in [0, 0.1) is 11.3 Å². The van der Waals surface area contributed by atoms with E-state index in [4.69, 9.17) is 10.00 Å². The molecule has 2 amide bonds. The smallest absolute Gasteiger partial charge is 0.238 e. The number of nitriles is 1. The molecule has 2 aromatic rings. The zero-order valence-corrected chi connectivity index (χ0v) is 13.9. The molecule has 0 atom stereocenters. The first-order valence-electron chi connectivity index (χ1n) is 7.81. The van der Waals surface area contributed by atoms with Crippen molar-refractivity contribution in [3.05, 3.63) is 54.1 Å². The van der Waals surface area contributed by atoms with Crippen molar-refractivity contribution in [1.82, 2.24) is 0 Å². The summed E-state index contributed by atoms with van der Waals surface area (Å²) in [5, 5.41) is 13.9. The number of aryl methyl sites for hydroxylation is 1. The molecule has 0 unspecified atom stereocenters. The Morgan fingerprint density at radius 3 is 2.40 bits per heavy atom. The number of anilines is 2. The third-order valence-corrected chi connectivity index (χ3v) is 3.48. The minimum atomic E-state index is -0.387. The van der Waals surface area contributed by atoms with Crippen LogP contribution in [0.5, 0.6) is 5.75 Å². The molecule has 6 heteroatoms. The first kappa shape index (κ1) is 18.0. The van der Waals surface area contributed by atoms with Crippen LogP contribution in [0.2, 0.25) is 0 Å². The lowest BCUT2D eigenvalue weighted by Gasteiger charge is -2.10. The molecule has 6 nitrogen and oxygen atoms in total. The molecule has 0 bridgehead atoms. The number of amides is 2. The molecule has 2 N–H and O–H groups in total.